The van der Waals surface area contributed by atoms with Gasteiger partial charge in [0.05, 0.1) is 11.8 Å². The van der Waals surface area contributed by atoms with Gasteiger partial charge in [0.2, 0.25) is 0 Å². The summed E-state index contributed by atoms with van der Waals surface area (Å²) in [5.41, 5.74) is 2.43. The Balaban J connectivity index is 2.91. The van der Waals surface area contributed by atoms with Crippen LogP contribution in [0.2, 0.25) is 0 Å². The fraction of sp³-hybridized carbons (Fsp3) is 0.714. The first kappa shape index (κ1) is 28.2. The molecule has 0 aliphatic rings. The van der Waals surface area contributed by atoms with Gasteiger partial charge in [0, 0.05) is 0 Å². The quantitative estimate of drug-likeness (QED) is 0.239. The molecule has 32 heavy (non-hydrogen) atoms. The van der Waals surface area contributed by atoms with Crippen molar-refractivity contribution in [2.45, 2.75) is 117 Å². The van der Waals surface area contributed by atoms with E-state index in [0.29, 0.717) is 5.56 Å². The molecule has 0 bridgehead atoms. The Morgan fingerprint density at radius 3 is 1.62 bits per heavy atom. The number of carboxylic acids is 2. The average molecular weight is 447 g/mol. The molecule has 2 atom stereocenters. The van der Waals surface area contributed by atoms with Crippen LogP contribution in [-0.2, 0) is 16.0 Å². The van der Waals surface area contributed by atoms with Crippen LogP contribution in [0.4, 0.5) is 0 Å². The zero-order chi connectivity index (χ0) is 24.1. The molecule has 0 aromatic heterocycles. The minimum absolute atomic E-state index is 0.110. The van der Waals surface area contributed by atoms with Gasteiger partial charge in [0.1, 0.15) is 0 Å². The molecule has 0 aliphatic heterocycles. The van der Waals surface area contributed by atoms with E-state index in [1.54, 1.807) is 0 Å². The second-order valence-corrected chi connectivity index (χ2v) is 9.97. The summed E-state index contributed by atoms with van der Waals surface area (Å²) in [6.07, 6.45) is 13.4. The second-order valence-electron chi connectivity index (χ2n) is 9.97. The van der Waals surface area contributed by atoms with Gasteiger partial charge in [-0.15, -0.1) is 0 Å². The van der Waals surface area contributed by atoms with E-state index in [9.17, 15) is 19.8 Å². The zero-order valence-corrected chi connectivity index (χ0v) is 21.0. The molecule has 0 fully saturated rings. The average Bonchev–Trinajstić information content (AvgIpc) is 2.70. The largest absolute Gasteiger partial charge is 0.481 e. The Bertz CT molecular complexity index is 693. The van der Waals surface area contributed by atoms with Gasteiger partial charge in [-0.25, -0.2) is 0 Å². The summed E-state index contributed by atoms with van der Waals surface area (Å²) in [5, 5.41) is 19.9. The van der Waals surface area contributed by atoms with Crippen LogP contribution in [-0.4, -0.2) is 22.2 Å². The minimum Gasteiger partial charge on any atom is -0.481 e. The van der Waals surface area contributed by atoms with Crippen LogP contribution in [0.3, 0.4) is 0 Å². The summed E-state index contributed by atoms with van der Waals surface area (Å²) in [7, 11) is 0. The van der Waals surface area contributed by atoms with Crippen LogP contribution in [0.25, 0.3) is 0 Å². The van der Waals surface area contributed by atoms with Gasteiger partial charge in [0.25, 0.3) is 0 Å². The standard InChI is InChI=1S/C28H46O4/c1-6-7-8-9-10-11-12-13-14-15-17-22-18-16-19-23(24(20(2)3)27(29)30)26(22)25(21(4)5)28(31)32/h16,18-21,24-25H,6-15,17H2,1-5H3,(H,29,30)(H,31,32). The summed E-state index contributed by atoms with van der Waals surface area (Å²) in [5.74, 6) is -3.36. The summed E-state index contributed by atoms with van der Waals surface area (Å²) >= 11 is 0. The molecule has 1 aromatic rings. The fourth-order valence-corrected chi connectivity index (χ4v) is 4.82. The molecule has 1 aromatic carbocycles. The summed E-state index contributed by atoms with van der Waals surface area (Å²) in [6.45, 7) is 9.84. The van der Waals surface area contributed by atoms with E-state index in [1.165, 1.54) is 51.4 Å². The first-order valence-electron chi connectivity index (χ1n) is 12.8. The Labute approximate surface area is 195 Å². The molecule has 0 saturated carbocycles. The van der Waals surface area contributed by atoms with Crippen LogP contribution in [0.1, 0.15) is 127 Å². The molecule has 2 unspecified atom stereocenters. The monoisotopic (exact) mass is 446 g/mol. The maximum atomic E-state index is 12.2. The molecule has 4 heteroatoms. The highest BCUT2D eigenvalue weighted by atomic mass is 16.4. The van der Waals surface area contributed by atoms with Crippen LogP contribution >= 0.6 is 0 Å². The van der Waals surface area contributed by atoms with E-state index in [2.05, 4.69) is 6.92 Å². The Morgan fingerprint density at radius 2 is 1.19 bits per heavy atom. The van der Waals surface area contributed by atoms with Gasteiger partial charge >= 0.3 is 11.9 Å². The maximum Gasteiger partial charge on any atom is 0.311 e. The first-order chi connectivity index (χ1) is 15.2. The van der Waals surface area contributed by atoms with E-state index < -0.39 is 23.8 Å². The van der Waals surface area contributed by atoms with Gasteiger partial charge in [-0.3, -0.25) is 9.59 Å². The number of hydrogen-bond donors (Lipinski definition) is 2. The van der Waals surface area contributed by atoms with E-state index in [0.717, 1.165) is 30.4 Å². The molecule has 0 saturated heterocycles. The van der Waals surface area contributed by atoms with Crippen molar-refractivity contribution in [2.75, 3.05) is 0 Å². The van der Waals surface area contributed by atoms with Gasteiger partial charge in [0.15, 0.2) is 0 Å². The molecular weight excluding hydrogens is 400 g/mol. The summed E-state index contributed by atoms with van der Waals surface area (Å²) < 4.78 is 0. The highest BCUT2D eigenvalue weighted by molar-refractivity contribution is 5.81. The number of benzene rings is 1. The number of hydrogen-bond acceptors (Lipinski definition) is 2. The molecule has 4 nitrogen and oxygen atoms in total. The Morgan fingerprint density at radius 1 is 0.719 bits per heavy atom. The number of carbonyl (C=O) groups is 2. The lowest BCUT2D eigenvalue weighted by atomic mass is 9.76. The molecule has 0 aliphatic carbocycles. The van der Waals surface area contributed by atoms with Gasteiger partial charge in [-0.1, -0.05) is 111 Å². The van der Waals surface area contributed by atoms with Crippen molar-refractivity contribution >= 4 is 11.9 Å². The Kier molecular flexibility index (Phi) is 13.3. The number of rotatable bonds is 17. The SMILES string of the molecule is CCCCCCCCCCCCc1cccc(C(C(=O)O)C(C)C)c1C(C(=O)O)C(C)C. The minimum atomic E-state index is -0.884. The molecular formula is C28H46O4. The summed E-state index contributed by atoms with van der Waals surface area (Å²) in [4.78, 5) is 24.3. The molecule has 0 heterocycles. The molecule has 0 radical (unpaired) electrons. The molecule has 1 rings (SSSR count). The first-order valence-corrected chi connectivity index (χ1v) is 12.8. The fourth-order valence-electron chi connectivity index (χ4n) is 4.82. The number of aliphatic carboxylic acids is 2. The third-order valence-corrected chi connectivity index (χ3v) is 6.54. The lowest BCUT2D eigenvalue weighted by molar-refractivity contribution is -0.141. The molecule has 2 N–H and O–H groups in total. The van der Waals surface area contributed by atoms with E-state index in [1.807, 2.05) is 45.9 Å². The predicted octanol–water partition coefficient (Wildman–Crippen LogP) is 7.80. The van der Waals surface area contributed by atoms with E-state index >= 15 is 0 Å². The van der Waals surface area contributed by atoms with Crippen molar-refractivity contribution in [3.63, 3.8) is 0 Å². The number of carboxylic acid groups (broad SMARTS) is 2. The molecule has 182 valence electrons. The van der Waals surface area contributed by atoms with Crippen molar-refractivity contribution < 1.29 is 19.8 Å². The van der Waals surface area contributed by atoms with Gasteiger partial charge in [-0.2, -0.15) is 0 Å². The number of aryl methyl sites for hydroxylation is 1. The lowest BCUT2D eigenvalue weighted by Crippen LogP contribution is -2.25. The zero-order valence-electron chi connectivity index (χ0n) is 21.0. The highest BCUT2D eigenvalue weighted by Crippen LogP contribution is 2.38. The van der Waals surface area contributed by atoms with E-state index in [4.69, 9.17) is 0 Å². The topological polar surface area (TPSA) is 74.6 Å². The summed E-state index contributed by atoms with van der Waals surface area (Å²) in [6, 6.07) is 5.74. The predicted molar refractivity (Wildman–Crippen MR) is 132 cm³/mol. The normalized spacial score (nSPS) is 13.5. The third kappa shape index (κ3) is 8.96. The van der Waals surface area contributed by atoms with Crippen LogP contribution in [0.5, 0.6) is 0 Å². The number of unbranched alkanes of at least 4 members (excludes halogenated alkanes) is 9. The second kappa shape index (κ2) is 15.1. The van der Waals surface area contributed by atoms with Crippen molar-refractivity contribution in [2.24, 2.45) is 11.8 Å². The van der Waals surface area contributed by atoms with Crippen LogP contribution in [0.15, 0.2) is 18.2 Å². The smallest absolute Gasteiger partial charge is 0.311 e. The maximum absolute atomic E-state index is 12.2. The Hall–Kier alpha value is -1.84. The van der Waals surface area contributed by atoms with E-state index in [-0.39, 0.29) is 11.8 Å². The van der Waals surface area contributed by atoms with Crippen molar-refractivity contribution in [1.29, 1.82) is 0 Å². The van der Waals surface area contributed by atoms with Crippen molar-refractivity contribution in [1.82, 2.24) is 0 Å². The lowest BCUT2D eigenvalue weighted by Gasteiger charge is -2.27. The van der Waals surface area contributed by atoms with Crippen LogP contribution < -0.4 is 0 Å². The van der Waals surface area contributed by atoms with Gasteiger partial charge in [-0.05, 0) is 41.4 Å². The van der Waals surface area contributed by atoms with Crippen molar-refractivity contribution in [3.8, 4) is 0 Å². The van der Waals surface area contributed by atoms with Crippen molar-refractivity contribution in [3.05, 3.63) is 34.9 Å². The van der Waals surface area contributed by atoms with Gasteiger partial charge < -0.3 is 10.2 Å². The van der Waals surface area contributed by atoms with Crippen LogP contribution in [0, 0.1) is 11.8 Å². The molecule has 0 amide bonds. The highest BCUT2D eigenvalue weighted by Gasteiger charge is 2.34. The molecule has 0 spiro atoms. The third-order valence-electron chi connectivity index (χ3n) is 6.54.